The van der Waals surface area contributed by atoms with Crippen molar-refractivity contribution in [2.24, 2.45) is 0 Å². The number of nitrogens with zero attached hydrogens (tertiary/aromatic N) is 1. The van der Waals surface area contributed by atoms with Gasteiger partial charge in [0.15, 0.2) is 0 Å². The predicted molar refractivity (Wildman–Crippen MR) is 51.2 cm³/mol. The third kappa shape index (κ3) is 2.32. The van der Waals surface area contributed by atoms with Gasteiger partial charge in [-0.3, -0.25) is 0 Å². The molecule has 0 unspecified atom stereocenters. The molecule has 1 rings (SSSR count). The first kappa shape index (κ1) is 9.75. The van der Waals surface area contributed by atoms with E-state index in [1.165, 1.54) is 0 Å². The van der Waals surface area contributed by atoms with E-state index in [0.717, 1.165) is 12.8 Å². The molecule has 1 saturated heterocycles. The quantitative estimate of drug-likeness (QED) is 0.583. The molecule has 12 heavy (non-hydrogen) atoms. The standard InChI is InChI=1S/C10H19NO/c1-5-10-7-9(11(3)4)6-8(2)12-10/h5,8-10H,1,6-7H2,2-4H3/t8-,9+,10+/m1/s1. The molecule has 1 aliphatic rings. The zero-order chi connectivity index (χ0) is 9.14. The topological polar surface area (TPSA) is 12.5 Å². The predicted octanol–water partition coefficient (Wildman–Crippen LogP) is 1.67. The van der Waals surface area contributed by atoms with Crippen molar-refractivity contribution in [2.75, 3.05) is 14.1 Å². The third-order valence-electron chi connectivity index (χ3n) is 2.51. The van der Waals surface area contributed by atoms with Gasteiger partial charge in [-0.15, -0.1) is 6.58 Å². The molecule has 0 amide bonds. The second-order valence-electron chi connectivity index (χ2n) is 3.81. The van der Waals surface area contributed by atoms with Crippen LogP contribution in [0.3, 0.4) is 0 Å². The normalized spacial score (nSPS) is 36.8. The molecule has 2 nitrogen and oxygen atoms in total. The highest BCUT2D eigenvalue weighted by Gasteiger charge is 2.26. The number of hydrogen-bond donors (Lipinski definition) is 0. The molecule has 0 N–H and O–H groups in total. The Morgan fingerprint density at radius 1 is 1.42 bits per heavy atom. The van der Waals surface area contributed by atoms with Crippen molar-refractivity contribution in [1.82, 2.24) is 4.90 Å². The van der Waals surface area contributed by atoms with Crippen molar-refractivity contribution in [3.8, 4) is 0 Å². The molecular weight excluding hydrogens is 150 g/mol. The first-order valence-electron chi connectivity index (χ1n) is 4.58. The minimum absolute atomic E-state index is 0.251. The average Bonchev–Trinajstić information content (AvgIpc) is 2.03. The maximum atomic E-state index is 5.67. The molecule has 1 aliphatic heterocycles. The van der Waals surface area contributed by atoms with E-state index in [4.69, 9.17) is 4.74 Å². The lowest BCUT2D eigenvalue weighted by atomic mass is 9.98. The van der Waals surface area contributed by atoms with E-state index in [-0.39, 0.29) is 6.10 Å². The zero-order valence-electron chi connectivity index (χ0n) is 8.29. The van der Waals surface area contributed by atoms with E-state index in [1.54, 1.807) is 0 Å². The molecule has 0 bridgehead atoms. The van der Waals surface area contributed by atoms with Crippen LogP contribution in [-0.2, 0) is 4.74 Å². The van der Waals surface area contributed by atoms with E-state index >= 15 is 0 Å². The molecule has 70 valence electrons. The van der Waals surface area contributed by atoms with E-state index in [0.29, 0.717) is 12.1 Å². The van der Waals surface area contributed by atoms with Gasteiger partial charge in [0.2, 0.25) is 0 Å². The monoisotopic (exact) mass is 169 g/mol. The second kappa shape index (κ2) is 4.06. The first-order valence-corrected chi connectivity index (χ1v) is 4.58. The molecule has 3 atom stereocenters. The summed E-state index contributed by atoms with van der Waals surface area (Å²) in [7, 11) is 4.26. The van der Waals surface area contributed by atoms with Crippen LogP contribution >= 0.6 is 0 Å². The summed E-state index contributed by atoms with van der Waals surface area (Å²) in [5.74, 6) is 0. The Hall–Kier alpha value is -0.340. The van der Waals surface area contributed by atoms with Crippen LogP contribution in [-0.4, -0.2) is 37.2 Å². The maximum absolute atomic E-state index is 5.67. The summed E-state index contributed by atoms with van der Waals surface area (Å²) in [6.07, 6.45) is 4.75. The lowest BCUT2D eigenvalue weighted by Crippen LogP contribution is -2.40. The van der Waals surface area contributed by atoms with Crippen LogP contribution in [0.25, 0.3) is 0 Å². The molecule has 0 spiro atoms. The van der Waals surface area contributed by atoms with Gasteiger partial charge >= 0.3 is 0 Å². The maximum Gasteiger partial charge on any atom is 0.0771 e. The lowest BCUT2D eigenvalue weighted by Gasteiger charge is -2.35. The van der Waals surface area contributed by atoms with Gasteiger partial charge in [-0.1, -0.05) is 6.08 Å². The van der Waals surface area contributed by atoms with E-state index in [1.807, 2.05) is 6.08 Å². The summed E-state index contributed by atoms with van der Waals surface area (Å²) in [5.41, 5.74) is 0. The fraction of sp³-hybridized carbons (Fsp3) is 0.800. The molecule has 0 aromatic rings. The summed E-state index contributed by atoms with van der Waals surface area (Å²) >= 11 is 0. The van der Waals surface area contributed by atoms with Crippen LogP contribution in [0, 0.1) is 0 Å². The molecule has 0 aromatic carbocycles. The van der Waals surface area contributed by atoms with Crippen LogP contribution in [0.1, 0.15) is 19.8 Å². The lowest BCUT2D eigenvalue weighted by molar-refractivity contribution is -0.0442. The van der Waals surface area contributed by atoms with E-state index < -0.39 is 0 Å². The van der Waals surface area contributed by atoms with Crippen LogP contribution < -0.4 is 0 Å². The van der Waals surface area contributed by atoms with Crippen molar-refractivity contribution in [3.05, 3.63) is 12.7 Å². The Kier molecular flexibility index (Phi) is 3.29. The summed E-state index contributed by atoms with van der Waals surface area (Å²) in [6.45, 7) is 5.90. The van der Waals surface area contributed by atoms with Gasteiger partial charge in [0.1, 0.15) is 0 Å². The zero-order valence-corrected chi connectivity index (χ0v) is 8.29. The molecule has 0 aromatic heterocycles. The Labute approximate surface area is 75.2 Å². The SMILES string of the molecule is C=C[C@H]1C[C@@H](N(C)C)C[C@@H](C)O1. The molecule has 1 fully saturated rings. The number of hydrogen-bond acceptors (Lipinski definition) is 2. The third-order valence-corrected chi connectivity index (χ3v) is 2.51. The van der Waals surface area contributed by atoms with E-state index in [9.17, 15) is 0 Å². The van der Waals surface area contributed by atoms with Crippen LogP contribution in [0.5, 0.6) is 0 Å². The van der Waals surface area contributed by atoms with E-state index in [2.05, 4.69) is 32.5 Å². The largest absolute Gasteiger partial charge is 0.371 e. The van der Waals surface area contributed by atoms with Crippen molar-refractivity contribution >= 4 is 0 Å². The summed E-state index contributed by atoms with van der Waals surface area (Å²) < 4.78 is 5.67. The van der Waals surface area contributed by atoms with Crippen molar-refractivity contribution in [2.45, 2.75) is 38.0 Å². The molecule has 2 heteroatoms. The van der Waals surface area contributed by atoms with Crippen LogP contribution in [0.15, 0.2) is 12.7 Å². The summed E-state index contributed by atoms with van der Waals surface area (Å²) in [5, 5.41) is 0. The summed E-state index contributed by atoms with van der Waals surface area (Å²) in [4.78, 5) is 2.27. The summed E-state index contributed by atoms with van der Waals surface area (Å²) in [6, 6.07) is 0.650. The van der Waals surface area contributed by atoms with Gasteiger partial charge in [0.05, 0.1) is 12.2 Å². The first-order chi connectivity index (χ1) is 5.63. The van der Waals surface area contributed by atoms with Crippen LogP contribution in [0.4, 0.5) is 0 Å². The van der Waals surface area contributed by atoms with Crippen LogP contribution in [0.2, 0.25) is 0 Å². The van der Waals surface area contributed by atoms with Gasteiger partial charge in [0.25, 0.3) is 0 Å². The fourth-order valence-electron chi connectivity index (χ4n) is 1.73. The highest BCUT2D eigenvalue weighted by atomic mass is 16.5. The highest BCUT2D eigenvalue weighted by Crippen LogP contribution is 2.22. The second-order valence-corrected chi connectivity index (χ2v) is 3.81. The smallest absolute Gasteiger partial charge is 0.0771 e. The molecular formula is C10H19NO. The van der Waals surface area contributed by atoms with Gasteiger partial charge < -0.3 is 9.64 Å². The fourth-order valence-corrected chi connectivity index (χ4v) is 1.73. The molecule has 0 radical (unpaired) electrons. The Morgan fingerprint density at radius 3 is 2.58 bits per heavy atom. The van der Waals surface area contributed by atoms with Crippen molar-refractivity contribution < 1.29 is 4.74 Å². The Balaban J connectivity index is 2.50. The van der Waals surface area contributed by atoms with Gasteiger partial charge in [-0.05, 0) is 33.9 Å². The molecule has 1 heterocycles. The minimum Gasteiger partial charge on any atom is -0.371 e. The average molecular weight is 169 g/mol. The van der Waals surface area contributed by atoms with Crippen molar-refractivity contribution in [1.29, 1.82) is 0 Å². The van der Waals surface area contributed by atoms with Gasteiger partial charge in [-0.2, -0.15) is 0 Å². The van der Waals surface area contributed by atoms with Crippen molar-refractivity contribution in [3.63, 3.8) is 0 Å². The highest BCUT2D eigenvalue weighted by molar-refractivity contribution is 4.89. The molecule has 0 aliphatic carbocycles. The number of ether oxygens (including phenoxy) is 1. The Morgan fingerprint density at radius 2 is 2.08 bits per heavy atom. The van der Waals surface area contributed by atoms with Gasteiger partial charge in [-0.25, -0.2) is 0 Å². The Bertz CT molecular complexity index is 156. The minimum atomic E-state index is 0.251. The van der Waals surface area contributed by atoms with Gasteiger partial charge in [0, 0.05) is 6.04 Å². The molecule has 0 saturated carbocycles. The number of rotatable bonds is 2.